The summed E-state index contributed by atoms with van der Waals surface area (Å²) in [6.07, 6.45) is 10.4. The van der Waals surface area contributed by atoms with Crippen molar-refractivity contribution in [3.05, 3.63) is 24.3 Å². The fraction of sp³-hybridized carbons (Fsp3) is 0.583. The van der Waals surface area contributed by atoms with Crippen molar-refractivity contribution in [2.45, 2.75) is 45.4 Å². The van der Waals surface area contributed by atoms with Crippen LogP contribution in [-0.2, 0) is 4.79 Å². The quantitative estimate of drug-likeness (QED) is 0.366. The molecule has 2 heteroatoms. The van der Waals surface area contributed by atoms with Crippen LogP contribution in [0, 0.1) is 0 Å². The lowest BCUT2D eigenvalue weighted by Gasteiger charge is -1.97. The van der Waals surface area contributed by atoms with Gasteiger partial charge in [0.1, 0.15) is 0 Å². The highest BCUT2D eigenvalue weighted by atomic mass is 16.4. The monoisotopic (exact) mass is 196 g/mol. The van der Waals surface area contributed by atoms with Crippen molar-refractivity contribution >= 4 is 5.97 Å². The van der Waals surface area contributed by atoms with Crippen LogP contribution in [0.4, 0.5) is 0 Å². The third-order valence-corrected chi connectivity index (χ3v) is 2.15. The average Bonchev–Trinajstić information content (AvgIpc) is 2.16. The highest BCUT2D eigenvalue weighted by Crippen LogP contribution is 2.07. The van der Waals surface area contributed by atoms with Crippen molar-refractivity contribution in [3.63, 3.8) is 0 Å². The molecule has 0 rings (SSSR count). The fourth-order valence-electron chi connectivity index (χ4n) is 1.19. The first-order chi connectivity index (χ1) is 6.68. The summed E-state index contributed by atoms with van der Waals surface area (Å²) in [4.78, 5) is 10.4. The van der Waals surface area contributed by atoms with E-state index in [1.807, 2.05) is 6.08 Å². The van der Waals surface area contributed by atoms with Crippen LogP contribution in [-0.4, -0.2) is 11.1 Å². The Hall–Kier alpha value is -1.05. The van der Waals surface area contributed by atoms with Crippen LogP contribution >= 0.6 is 0 Å². The highest BCUT2D eigenvalue weighted by molar-refractivity contribution is 5.85. The van der Waals surface area contributed by atoms with Gasteiger partial charge in [-0.15, -0.1) is 6.58 Å². The Morgan fingerprint density at radius 2 is 1.79 bits per heavy atom. The maximum atomic E-state index is 10.4. The van der Waals surface area contributed by atoms with E-state index >= 15 is 0 Å². The Morgan fingerprint density at radius 1 is 1.21 bits per heavy atom. The van der Waals surface area contributed by atoms with Gasteiger partial charge in [0.15, 0.2) is 0 Å². The lowest BCUT2D eigenvalue weighted by atomic mass is 10.1. The topological polar surface area (TPSA) is 37.3 Å². The predicted molar refractivity (Wildman–Crippen MR) is 59.3 cm³/mol. The Bertz CT molecular complexity index is 204. The molecule has 0 bridgehead atoms. The van der Waals surface area contributed by atoms with Gasteiger partial charge in [-0.2, -0.15) is 0 Å². The standard InChI is InChI=1S/C12H20O2/c1-3-4-5-6-7-8-9-10-11(2)12(13)14/h3,10H,1,4-9H2,2H3,(H,13,14). The molecule has 0 heterocycles. The third kappa shape index (κ3) is 7.59. The second-order valence-electron chi connectivity index (χ2n) is 3.47. The summed E-state index contributed by atoms with van der Waals surface area (Å²) in [6.45, 7) is 5.30. The van der Waals surface area contributed by atoms with Crippen molar-refractivity contribution in [2.75, 3.05) is 0 Å². The van der Waals surface area contributed by atoms with E-state index in [0.29, 0.717) is 5.57 Å². The zero-order valence-electron chi connectivity index (χ0n) is 8.96. The number of carbonyl (C=O) groups is 1. The summed E-state index contributed by atoms with van der Waals surface area (Å²) in [5.41, 5.74) is 0.455. The number of carboxylic acid groups (broad SMARTS) is 1. The summed E-state index contributed by atoms with van der Waals surface area (Å²) < 4.78 is 0. The molecule has 2 nitrogen and oxygen atoms in total. The molecule has 0 unspecified atom stereocenters. The molecule has 0 aliphatic carbocycles. The van der Waals surface area contributed by atoms with E-state index in [1.54, 1.807) is 13.0 Å². The molecule has 0 radical (unpaired) electrons. The average molecular weight is 196 g/mol. The number of hydrogen-bond donors (Lipinski definition) is 1. The zero-order valence-corrected chi connectivity index (χ0v) is 8.96. The first-order valence-corrected chi connectivity index (χ1v) is 5.19. The Morgan fingerprint density at radius 3 is 2.29 bits per heavy atom. The van der Waals surface area contributed by atoms with Gasteiger partial charge in [-0.3, -0.25) is 0 Å². The van der Waals surface area contributed by atoms with E-state index in [1.165, 1.54) is 19.3 Å². The van der Waals surface area contributed by atoms with Crippen LogP contribution in [0.2, 0.25) is 0 Å². The molecule has 0 aliphatic rings. The van der Waals surface area contributed by atoms with Crippen molar-refractivity contribution in [3.8, 4) is 0 Å². The third-order valence-electron chi connectivity index (χ3n) is 2.15. The normalized spacial score (nSPS) is 11.4. The Balaban J connectivity index is 3.33. The van der Waals surface area contributed by atoms with Gasteiger partial charge in [-0.25, -0.2) is 4.79 Å². The van der Waals surface area contributed by atoms with E-state index in [4.69, 9.17) is 5.11 Å². The van der Waals surface area contributed by atoms with Crippen LogP contribution in [0.5, 0.6) is 0 Å². The van der Waals surface area contributed by atoms with Gasteiger partial charge in [-0.05, 0) is 32.6 Å². The van der Waals surface area contributed by atoms with Crippen molar-refractivity contribution in [2.24, 2.45) is 0 Å². The van der Waals surface area contributed by atoms with Gasteiger partial charge >= 0.3 is 5.97 Å². The minimum atomic E-state index is -0.809. The van der Waals surface area contributed by atoms with Gasteiger partial charge < -0.3 is 5.11 Å². The summed E-state index contributed by atoms with van der Waals surface area (Å²) in [7, 11) is 0. The van der Waals surface area contributed by atoms with E-state index in [-0.39, 0.29) is 0 Å². The number of carboxylic acids is 1. The van der Waals surface area contributed by atoms with Crippen LogP contribution < -0.4 is 0 Å². The van der Waals surface area contributed by atoms with Gasteiger partial charge in [0, 0.05) is 5.57 Å². The molecule has 14 heavy (non-hydrogen) atoms. The number of aliphatic carboxylic acids is 1. The Kier molecular flexibility index (Phi) is 7.90. The molecular weight excluding hydrogens is 176 g/mol. The van der Waals surface area contributed by atoms with Gasteiger partial charge in [0.2, 0.25) is 0 Å². The van der Waals surface area contributed by atoms with Crippen LogP contribution in [0.25, 0.3) is 0 Å². The first-order valence-electron chi connectivity index (χ1n) is 5.19. The fourth-order valence-corrected chi connectivity index (χ4v) is 1.19. The molecule has 0 amide bonds. The molecular formula is C12H20O2. The lowest BCUT2D eigenvalue weighted by Crippen LogP contribution is -1.95. The number of hydrogen-bond acceptors (Lipinski definition) is 1. The summed E-state index contributed by atoms with van der Waals surface area (Å²) in [5, 5.41) is 8.58. The SMILES string of the molecule is C=CCCCCCCC=C(C)C(=O)O. The van der Waals surface area contributed by atoms with E-state index < -0.39 is 5.97 Å². The van der Waals surface area contributed by atoms with Crippen molar-refractivity contribution in [1.29, 1.82) is 0 Å². The summed E-state index contributed by atoms with van der Waals surface area (Å²) >= 11 is 0. The smallest absolute Gasteiger partial charge is 0.330 e. The Labute approximate surface area is 86.3 Å². The molecule has 0 aliphatic heterocycles. The second kappa shape index (κ2) is 8.54. The zero-order chi connectivity index (χ0) is 10.8. The van der Waals surface area contributed by atoms with Crippen molar-refractivity contribution in [1.82, 2.24) is 0 Å². The largest absolute Gasteiger partial charge is 0.478 e. The lowest BCUT2D eigenvalue weighted by molar-refractivity contribution is -0.132. The number of rotatable bonds is 8. The molecule has 0 spiro atoms. The highest BCUT2D eigenvalue weighted by Gasteiger charge is 1.97. The van der Waals surface area contributed by atoms with E-state index in [2.05, 4.69) is 6.58 Å². The molecule has 0 saturated heterocycles. The molecule has 0 saturated carbocycles. The van der Waals surface area contributed by atoms with Crippen LogP contribution in [0.3, 0.4) is 0 Å². The van der Waals surface area contributed by atoms with Gasteiger partial charge in [-0.1, -0.05) is 25.0 Å². The molecule has 0 aromatic rings. The summed E-state index contributed by atoms with van der Waals surface area (Å²) in [6, 6.07) is 0. The molecule has 80 valence electrons. The molecule has 0 atom stereocenters. The maximum absolute atomic E-state index is 10.4. The minimum absolute atomic E-state index is 0.455. The van der Waals surface area contributed by atoms with Gasteiger partial charge in [0.05, 0.1) is 0 Å². The van der Waals surface area contributed by atoms with Gasteiger partial charge in [0.25, 0.3) is 0 Å². The number of unbranched alkanes of at least 4 members (excludes halogenated alkanes) is 5. The number of allylic oxidation sites excluding steroid dienone is 2. The van der Waals surface area contributed by atoms with E-state index in [0.717, 1.165) is 19.3 Å². The second-order valence-corrected chi connectivity index (χ2v) is 3.47. The predicted octanol–water partition coefficient (Wildman–Crippen LogP) is 3.54. The molecule has 1 N–H and O–H groups in total. The summed E-state index contributed by atoms with van der Waals surface area (Å²) in [5.74, 6) is -0.809. The van der Waals surface area contributed by atoms with E-state index in [9.17, 15) is 4.79 Å². The maximum Gasteiger partial charge on any atom is 0.330 e. The minimum Gasteiger partial charge on any atom is -0.478 e. The molecule has 0 aromatic carbocycles. The van der Waals surface area contributed by atoms with Crippen LogP contribution in [0.15, 0.2) is 24.3 Å². The molecule has 0 fully saturated rings. The molecule has 0 aromatic heterocycles. The van der Waals surface area contributed by atoms with Crippen LogP contribution in [0.1, 0.15) is 45.4 Å². The van der Waals surface area contributed by atoms with Crippen molar-refractivity contribution < 1.29 is 9.90 Å². The first kappa shape index (κ1) is 12.9.